The number of hydrogen-bond acceptors (Lipinski definition) is 5. The highest BCUT2D eigenvalue weighted by molar-refractivity contribution is 8.00. The number of carbonyl (C=O) groups excluding carboxylic acids is 1. The lowest BCUT2D eigenvalue weighted by molar-refractivity contribution is -0.119. The van der Waals surface area contributed by atoms with Crippen molar-refractivity contribution < 1.29 is 14.3 Å². The van der Waals surface area contributed by atoms with Crippen molar-refractivity contribution in [2.24, 2.45) is 0 Å². The molecule has 1 atom stereocenters. The standard InChI is InChI=1S/C21H26N2O3S/c1-4-26-18-10-9-16(11-19(18)25-3)12-22-21(24)14-23-13-15(2)27-20-8-6-5-7-17(20)23/h5-11,15H,4,12-14H2,1-3H3,(H,22,24)/t15-/m1/s1. The van der Waals surface area contributed by atoms with Gasteiger partial charge in [0.2, 0.25) is 5.91 Å². The van der Waals surface area contributed by atoms with Gasteiger partial charge in [0, 0.05) is 23.2 Å². The van der Waals surface area contributed by atoms with Crippen LogP contribution in [0.4, 0.5) is 5.69 Å². The fourth-order valence-corrected chi connectivity index (χ4v) is 4.32. The first-order valence-corrected chi connectivity index (χ1v) is 10.1. The third-order valence-electron chi connectivity index (χ3n) is 4.36. The molecule has 144 valence electrons. The van der Waals surface area contributed by atoms with Gasteiger partial charge in [-0.3, -0.25) is 4.79 Å². The number of hydrogen-bond donors (Lipinski definition) is 1. The lowest BCUT2D eigenvalue weighted by atomic mass is 10.2. The smallest absolute Gasteiger partial charge is 0.239 e. The van der Waals surface area contributed by atoms with Gasteiger partial charge >= 0.3 is 0 Å². The zero-order valence-corrected chi connectivity index (χ0v) is 16.8. The molecular weight excluding hydrogens is 360 g/mol. The summed E-state index contributed by atoms with van der Waals surface area (Å²) in [4.78, 5) is 15.9. The molecule has 0 saturated heterocycles. The maximum absolute atomic E-state index is 12.5. The number of methoxy groups -OCH3 is 1. The SMILES string of the molecule is CCOc1ccc(CNC(=O)CN2C[C@@H](C)Sc3ccccc32)cc1OC. The van der Waals surface area contributed by atoms with E-state index in [0.29, 0.717) is 36.4 Å². The van der Waals surface area contributed by atoms with Crippen LogP contribution in [0.15, 0.2) is 47.4 Å². The van der Waals surface area contributed by atoms with Crippen molar-refractivity contribution in [3.63, 3.8) is 0 Å². The predicted octanol–water partition coefficient (Wildman–Crippen LogP) is 3.71. The van der Waals surface area contributed by atoms with Gasteiger partial charge in [0.05, 0.1) is 25.9 Å². The maximum Gasteiger partial charge on any atom is 0.239 e. The van der Waals surface area contributed by atoms with E-state index in [2.05, 4.69) is 29.3 Å². The van der Waals surface area contributed by atoms with Gasteiger partial charge < -0.3 is 19.7 Å². The second-order valence-electron chi connectivity index (χ2n) is 6.47. The van der Waals surface area contributed by atoms with E-state index >= 15 is 0 Å². The molecule has 0 aliphatic carbocycles. The van der Waals surface area contributed by atoms with Crippen LogP contribution in [0, 0.1) is 0 Å². The lowest BCUT2D eigenvalue weighted by Crippen LogP contribution is -2.41. The van der Waals surface area contributed by atoms with Gasteiger partial charge in [0.15, 0.2) is 11.5 Å². The molecule has 2 aromatic carbocycles. The molecule has 1 N–H and O–H groups in total. The largest absolute Gasteiger partial charge is 0.493 e. The van der Waals surface area contributed by atoms with Crippen molar-refractivity contribution in [2.45, 2.75) is 30.5 Å². The first-order chi connectivity index (χ1) is 13.1. The van der Waals surface area contributed by atoms with E-state index in [4.69, 9.17) is 9.47 Å². The van der Waals surface area contributed by atoms with Gasteiger partial charge in [-0.1, -0.05) is 25.1 Å². The van der Waals surface area contributed by atoms with Crippen LogP contribution in [0.3, 0.4) is 0 Å². The summed E-state index contributed by atoms with van der Waals surface area (Å²) in [7, 11) is 1.62. The van der Waals surface area contributed by atoms with Crippen LogP contribution < -0.4 is 19.7 Å². The number of amides is 1. The summed E-state index contributed by atoms with van der Waals surface area (Å²) in [5.74, 6) is 1.41. The zero-order valence-electron chi connectivity index (χ0n) is 16.0. The Bertz CT molecular complexity index is 797. The normalized spacial score (nSPS) is 15.8. The minimum Gasteiger partial charge on any atom is -0.493 e. The van der Waals surface area contributed by atoms with Crippen LogP contribution in [0.2, 0.25) is 0 Å². The van der Waals surface area contributed by atoms with Gasteiger partial charge in [-0.15, -0.1) is 11.8 Å². The number of thioether (sulfide) groups is 1. The molecule has 0 saturated carbocycles. The van der Waals surface area contributed by atoms with Crippen LogP contribution >= 0.6 is 11.8 Å². The van der Waals surface area contributed by atoms with Gasteiger partial charge in [-0.2, -0.15) is 0 Å². The number of fused-ring (bicyclic) bond motifs is 1. The Hall–Kier alpha value is -2.34. The average Bonchev–Trinajstić information content (AvgIpc) is 2.67. The Labute approximate surface area is 165 Å². The molecule has 1 amide bonds. The molecule has 0 aromatic heterocycles. The predicted molar refractivity (Wildman–Crippen MR) is 110 cm³/mol. The molecule has 2 aromatic rings. The Kier molecular flexibility index (Phi) is 6.50. The van der Waals surface area contributed by atoms with Crippen molar-refractivity contribution in [2.75, 3.05) is 31.7 Å². The number of rotatable bonds is 7. The molecule has 1 aliphatic rings. The molecule has 0 fully saturated rings. The van der Waals surface area contributed by atoms with Crippen LogP contribution in [0.25, 0.3) is 0 Å². The van der Waals surface area contributed by atoms with Gasteiger partial charge in [-0.05, 0) is 36.8 Å². The third kappa shape index (κ3) is 4.89. The van der Waals surface area contributed by atoms with Crippen molar-refractivity contribution >= 4 is 23.4 Å². The fraction of sp³-hybridized carbons (Fsp3) is 0.381. The molecule has 0 unspecified atom stereocenters. The van der Waals surface area contributed by atoms with E-state index in [1.54, 1.807) is 7.11 Å². The number of para-hydroxylation sites is 1. The first kappa shape index (κ1) is 19.4. The second-order valence-corrected chi connectivity index (χ2v) is 7.95. The highest BCUT2D eigenvalue weighted by Crippen LogP contribution is 2.37. The maximum atomic E-state index is 12.5. The molecule has 0 spiro atoms. The lowest BCUT2D eigenvalue weighted by Gasteiger charge is -2.33. The van der Waals surface area contributed by atoms with E-state index in [-0.39, 0.29) is 5.91 Å². The van der Waals surface area contributed by atoms with Gasteiger partial charge in [0.25, 0.3) is 0 Å². The fourth-order valence-electron chi connectivity index (χ4n) is 3.16. The Morgan fingerprint density at radius 3 is 2.85 bits per heavy atom. The summed E-state index contributed by atoms with van der Waals surface area (Å²) in [6, 6.07) is 14.0. The van der Waals surface area contributed by atoms with Crippen LogP contribution in [0.5, 0.6) is 11.5 Å². The first-order valence-electron chi connectivity index (χ1n) is 9.17. The second kappa shape index (κ2) is 9.04. The quantitative estimate of drug-likeness (QED) is 0.786. The molecule has 0 radical (unpaired) electrons. The third-order valence-corrected chi connectivity index (χ3v) is 5.51. The van der Waals surface area contributed by atoms with E-state index in [9.17, 15) is 4.79 Å². The monoisotopic (exact) mass is 386 g/mol. The summed E-state index contributed by atoms with van der Waals surface area (Å²) < 4.78 is 10.9. The number of ether oxygens (including phenoxy) is 2. The molecular formula is C21H26N2O3S. The molecule has 27 heavy (non-hydrogen) atoms. The summed E-state index contributed by atoms with van der Waals surface area (Å²) in [5.41, 5.74) is 2.12. The minimum atomic E-state index is 0.0109. The van der Waals surface area contributed by atoms with Gasteiger partial charge in [-0.25, -0.2) is 0 Å². The topological polar surface area (TPSA) is 50.8 Å². The van der Waals surface area contributed by atoms with E-state index in [0.717, 1.165) is 17.8 Å². The zero-order chi connectivity index (χ0) is 19.2. The molecule has 3 rings (SSSR count). The number of anilines is 1. The number of benzene rings is 2. The Morgan fingerprint density at radius 1 is 1.26 bits per heavy atom. The van der Waals surface area contributed by atoms with E-state index < -0.39 is 0 Å². The number of nitrogens with one attached hydrogen (secondary N) is 1. The van der Waals surface area contributed by atoms with Crippen molar-refractivity contribution in [3.8, 4) is 11.5 Å². The molecule has 5 nitrogen and oxygen atoms in total. The van der Waals surface area contributed by atoms with Crippen molar-refractivity contribution in [1.29, 1.82) is 0 Å². The average molecular weight is 387 g/mol. The summed E-state index contributed by atoms with van der Waals surface area (Å²) >= 11 is 1.86. The molecule has 0 bridgehead atoms. The molecule has 6 heteroatoms. The highest BCUT2D eigenvalue weighted by Gasteiger charge is 2.23. The van der Waals surface area contributed by atoms with E-state index in [1.165, 1.54) is 4.90 Å². The molecule has 1 aliphatic heterocycles. The number of carbonyl (C=O) groups is 1. The van der Waals surface area contributed by atoms with E-state index in [1.807, 2.05) is 49.0 Å². The van der Waals surface area contributed by atoms with Crippen LogP contribution in [-0.4, -0.2) is 38.0 Å². The summed E-state index contributed by atoms with van der Waals surface area (Å²) in [6.07, 6.45) is 0. The highest BCUT2D eigenvalue weighted by atomic mass is 32.2. The molecule has 1 heterocycles. The number of nitrogens with zero attached hydrogens (tertiary/aromatic N) is 1. The summed E-state index contributed by atoms with van der Waals surface area (Å²) in [6.45, 7) is 6.40. The Morgan fingerprint density at radius 2 is 2.07 bits per heavy atom. The van der Waals surface area contributed by atoms with Crippen molar-refractivity contribution in [3.05, 3.63) is 48.0 Å². The summed E-state index contributed by atoms with van der Waals surface area (Å²) in [5, 5.41) is 3.47. The van der Waals surface area contributed by atoms with Crippen LogP contribution in [-0.2, 0) is 11.3 Å². The van der Waals surface area contributed by atoms with Gasteiger partial charge in [0.1, 0.15) is 0 Å². The van der Waals surface area contributed by atoms with Crippen LogP contribution in [0.1, 0.15) is 19.4 Å². The Balaban J connectivity index is 1.60. The minimum absolute atomic E-state index is 0.0109. The van der Waals surface area contributed by atoms with Crippen molar-refractivity contribution in [1.82, 2.24) is 5.32 Å².